The van der Waals surface area contributed by atoms with Crippen molar-refractivity contribution in [2.45, 2.75) is 5.03 Å². The number of aryl methyl sites for hydroxylation is 1. The van der Waals surface area contributed by atoms with E-state index in [0.29, 0.717) is 0 Å². The average molecular weight is 305 g/mol. The van der Waals surface area contributed by atoms with Gasteiger partial charge < -0.3 is 5.73 Å². The highest BCUT2D eigenvalue weighted by Gasteiger charge is 2.23. The number of hydrogen-bond donors (Lipinski definition) is 2. The first-order valence-electron chi connectivity index (χ1n) is 5.06. The van der Waals surface area contributed by atoms with Crippen LogP contribution < -0.4 is 10.5 Å². The highest BCUT2D eigenvalue weighted by Crippen LogP contribution is 2.24. The Bertz CT molecular complexity index is 689. The Morgan fingerprint density at radius 2 is 2.11 bits per heavy atom. The predicted octanol–water partition coefficient (Wildman–Crippen LogP) is 1.60. The first-order valence-corrected chi connectivity index (χ1v) is 6.92. The second kappa shape index (κ2) is 4.71. The second-order valence-electron chi connectivity index (χ2n) is 3.80. The third-order valence-corrected chi connectivity index (χ3v) is 4.16. The molecule has 0 saturated carbocycles. The minimum absolute atomic E-state index is 0.00904. The number of aromatic nitrogens is 2. The van der Waals surface area contributed by atoms with Crippen molar-refractivity contribution in [3.8, 4) is 0 Å². The van der Waals surface area contributed by atoms with Crippen molar-refractivity contribution >= 4 is 33.0 Å². The van der Waals surface area contributed by atoms with E-state index in [1.165, 1.54) is 19.3 Å². The summed E-state index contributed by atoms with van der Waals surface area (Å²) >= 11 is 5.76. The zero-order chi connectivity index (χ0) is 14.2. The summed E-state index contributed by atoms with van der Waals surface area (Å²) in [6, 6.07) is 3.39. The van der Waals surface area contributed by atoms with Gasteiger partial charge in [-0.1, -0.05) is 11.6 Å². The lowest BCUT2D eigenvalue weighted by atomic mass is 10.3. The Morgan fingerprint density at radius 1 is 1.42 bits per heavy atom. The quantitative estimate of drug-likeness (QED) is 0.843. The van der Waals surface area contributed by atoms with E-state index in [2.05, 4.69) is 9.82 Å². The predicted molar refractivity (Wildman–Crippen MR) is 69.8 cm³/mol. The van der Waals surface area contributed by atoms with Crippen molar-refractivity contribution in [2.75, 3.05) is 10.5 Å². The molecule has 1 aromatic carbocycles. The standard InChI is InChI=1S/C10H10ClFN4O2S/c1-16-10(9(11)5-14-16)19(17,18)15-8-3-6(12)2-7(13)4-8/h2-5,15H,13H2,1H3. The van der Waals surface area contributed by atoms with Crippen LogP contribution in [0.5, 0.6) is 0 Å². The maximum absolute atomic E-state index is 13.1. The lowest BCUT2D eigenvalue weighted by Gasteiger charge is -2.09. The molecule has 102 valence electrons. The minimum Gasteiger partial charge on any atom is -0.399 e. The van der Waals surface area contributed by atoms with E-state index in [-0.39, 0.29) is 21.4 Å². The van der Waals surface area contributed by atoms with Gasteiger partial charge in [-0.15, -0.1) is 0 Å². The Kier molecular flexibility index (Phi) is 3.38. The van der Waals surface area contributed by atoms with Crippen LogP contribution in [0.3, 0.4) is 0 Å². The monoisotopic (exact) mass is 304 g/mol. The molecule has 0 saturated heterocycles. The number of halogens is 2. The number of rotatable bonds is 3. The van der Waals surface area contributed by atoms with Crippen LogP contribution in [0, 0.1) is 5.82 Å². The number of anilines is 2. The molecule has 2 aromatic rings. The Balaban J connectivity index is 2.42. The summed E-state index contributed by atoms with van der Waals surface area (Å²) in [5.41, 5.74) is 5.55. The van der Waals surface area contributed by atoms with Gasteiger partial charge in [-0.25, -0.2) is 4.39 Å². The number of nitrogens with zero attached hydrogens (tertiary/aromatic N) is 2. The lowest BCUT2D eigenvalue weighted by Crippen LogP contribution is -2.17. The first kappa shape index (κ1) is 13.6. The fourth-order valence-electron chi connectivity index (χ4n) is 1.58. The van der Waals surface area contributed by atoms with Gasteiger partial charge in [0, 0.05) is 12.7 Å². The largest absolute Gasteiger partial charge is 0.399 e. The zero-order valence-corrected chi connectivity index (χ0v) is 11.3. The van der Waals surface area contributed by atoms with Gasteiger partial charge in [0.1, 0.15) is 5.82 Å². The van der Waals surface area contributed by atoms with E-state index >= 15 is 0 Å². The zero-order valence-electron chi connectivity index (χ0n) is 9.76. The first-order chi connectivity index (χ1) is 8.79. The molecule has 0 fully saturated rings. The minimum atomic E-state index is -3.97. The fourth-order valence-corrected chi connectivity index (χ4v) is 3.28. The molecule has 0 spiro atoms. The van der Waals surface area contributed by atoms with Crippen LogP contribution in [0.15, 0.2) is 29.4 Å². The number of hydrogen-bond acceptors (Lipinski definition) is 4. The van der Waals surface area contributed by atoms with Crippen molar-refractivity contribution in [3.63, 3.8) is 0 Å². The normalized spacial score (nSPS) is 11.5. The summed E-state index contributed by atoms with van der Waals surface area (Å²) in [6.45, 7) is 0. The number of nitrogens with one attached hydrogen (secondary N) is 1. The highest BCUT2D eigenvalue weighted by atomic mass is 35.5. The molecule has 1 aromatic heterocycles. The van der Waals surface area contributed by atoms with E-state index in [1.807, 2.05) is 0 Å². The summed E-state index contributed by atoms with van der Waals surface area (Å²) in [4.78, 5) is 0. The van der Waals surface area contributed by atoms with Crippen molar-refractivity contribution in [1.82, 2.24) is 9.78 Å². The maximum Gasteiger partial charge on any atom is 0.280 e. The van der Waals surface area contributed by atoms with E-state index in [9.17, 15) is 12.8 Å². The molecule has 1 heterocycles. The van der Waals surface area contributed by atoms with Gasteiger partial charge >= 0.3 is 0 Å². The Morgan fingerprint density at radius 3 is 2.63 bits per heavy atom. The van der Waals surface area contributed by atoms with Crippen molar-refractivity contribution in [1.29, 1.82) is 0 Å². The van der Waals surface area contributed by atoms with Crippen molar-refractivity contribution in [3.05, 3.63) is 35.2 Å². The molecule has 0 atom stereocenters. The molecule has 0 unspecified atom stereocenters. The molecule has 6 nitrogen and oxygen atoms in total. The van der Waals surface area contributed by atoms with E-state index in [1.54, 1.807) is 0 Å². The topological polar surface area (TPSA) is 90.0 Å². The van der Waals surface area contributed by atoms with Crippen LogP contribution in [-0.4, -0.2) is 18.2 Å². The lowest BCUT2D eigenvalue weighted by molar-refractivity contribution is 0.582. The fraction of sp³-hybridized carbons (Fsp3) is 0.100. The second-order valence-corrected chi connectivity index (χ2v) is 5.80. The summed E-state index contributed by atoms with van der Waals surface area (Å²) in [6.07, 6.45) is 1.20. The van der Waals surface area contributed by atoms with E-state index in [0.717, 1.165) is 16.8 Å². The van der Waals surface area contributed by atoms with Crippen LogP contribution in [0.4, 0.5) is 15.8 Å². The molecule has 2 rings (SSSR count). The van der Waals surface area contributed by atoms with Gasteiger partial charge in [-0.3, -0.25) is 9.40 Å². The van der Waals surface area contributed by atoms with Crippen molar-refractivity contribution < 1.29 is 12.8 Å². The molecule has 3 N–H and O–H groups in total. The number of benzene rings is 1. The van der Waals surface area contributed by atoms with Gasteiger partial charge in [0.05, 0.1) is 16.9 Å². The van der Waals surface area contributed by atoms with Gasteiger partial charge in [-0.2, -0.15) is 13.5 Å². The molecule has 0 aliphatic carbocycles. The SMILES string of the molecule is Cn1ncc(Cl)c1S(=O)(=O)Nc1cc(N)cc(F)c1. The van der Waals surface area contributed by atoms with Gasteiger partial charge in [0.25, 0.3) is 10.0 Å². The summed E-state index contributed by atoms with van der Waals surface area (Å²) in [7, 11) is -2.54. The van der Waals surface area contributed by atoms with Crippen LogP contribution in [-0.2, 0) is 17.1 Å². The van der Waals surface area contributed by atoms with Gasteiger partial charge in [-0.05, 0) is 18.2 Å². The summed E-state index contributed by atoms with van der Waals surface area (Å²) in [5, 5.41) is 3.49. The van der Waals surface area contributed by atoms with Gasteiger partial charge in [0.15, 0.2) is 5.03 Å². The Labute approximate surface area is 114 Å². The molecule has 19 heavy (non-hydrogen) atoms. The molecular formula is C10H10ClFN4O2S. The maximum atomic E-state index is 13.1. The Hall–Kier alpha value is -1.80. The van der Waals surface area contributed by atoms with Crippen LogP contribution >= 0.6 is 11.6 Å². The van der Waals surface area contributed by atoms with E-state index in [4.69, 9.17) is 17.3 Å². The van der Waals surface area contributed by atoms with Gasteiger partial charge in [0.2, 0.25) is 0 Å². The van der Waals surface area contributed by atoms with E-state index < -0.39 is 15.8 Å². The molecule has 0 aliphatic heterocycles. The number of sulfonamides is 1. The molecule has 9 heteroatoms. The van der Waals surface area contributed by atoms with Crippen LogP contribution in [0.2, 0.25) is 5.02 Å². The van der Waals surface area contributed by atoms with Crippen molar-refractivity contribution in [2.24, 2.45) is 7.05 Å². The average Bonchev–Trinajstić information content (AvgIpc) is 2.56. The smallest absolute Gasteiger partial charge is 0.280 e. The van der Waals surface area contributed by atoms with Crippen LogP contribution in [0.1, 0.15) is 0 Å². The highest BCUT2D eigenvalue weighted by molar-refractivity contribution is 7.92. The third kappa shape index (κ3) is 2.79. The molecule has 0 amide bonds. The molecule has 0 radical (unpaired) electrons. The number of nitrogen functional groups attached to an aromatic ring is 1. The van der Waals surface area contributed by atoms with Crippen LogP contribution in [0.25, 0.3) is 0 Å². The molecular weight excluding hydrogens is 295 g/mol. The molecule has 0 aliphatic rings. The summed E-state index contributed by atoms with van der Waals surface area (Å²) in [5.74, 6) is -0.645. The number of nitrogens with two attached hydrogens (primary N) is 1. The summed E-state index contributed by atoms with van der Waals surface area (Å²) < 4.78 is 40.7. The molecule has 0 bridgehead atoms. The third-order valence-electron chi connectivity index (χ3n) is 2.27.